The third kappa shape index (κ3) is 5.01. The molecule has 2 aromatic carbocycles. The first-order valence-corrected chi connectivity index (χ1v) is 10.7. The summed E-state index contributed by atoms with van der Waals surface area (Å²) in [5.74, 6) is 0.650. The fourth-order valence-electron chi connectivity index (χ4n) is 4.30. The molecule has 150 valence electrons. The van der Waals surface area contributed by atoms with Gasteiger partial charge in [-0.1, -0.05) is 60.7 Å². The average molecular weight is 388 g/mol. The summed E-state index contributed by atoms with van der Waals surface area (Å²) in [5, 5.41) is 4.29. The average Bonchev–Trinajstić information content (AvgIpc) is 2.79. The summed E-state index contributed by atoms with van der Waals surface area (Å²) in [6.45, 7) is 4.10. The molecular weight excluding hydrogens is 358 g/mol. The van der Waals surface area contributed by atoms with E-state index in [-0.39, 0.29) is 5.56 Å². The van der Waals surface area contributed by atoms with Crippen LogP contribution in [-0.2, 0) is 6.54 Å². The summed E-state index contributed by atoms with van der Waals surface area (Å²) in [6, 6.07) is 22.5. The lowest BCUT2D eigenvalue weighted by Crippen LogP contribution is -2.35. The second-order valence-corrected chi connectivity index (χ2v) is 7.90. The van der Waals surface area contributed by atoms with E-state index < -0.39 is 0 Å². The van der Waals surface area contributed by atoms with Gasteiger partial charge in [0.05, 0.1) is 5.56 Å². The van der Waals surface area contributed by atoms with Crippen LogP contribution in [0.4, 0.5) is 0 Å². The lowest BCUT2D eigenvalue weighted by molar-refractivity contribution is 0.203. The summed E-state index contributed by atoms with van der Waals surface area (Å²) < 4.78 is 1.62. The van der Waals surface area contributed by atoms with Gasteiger partial charge >= 0.3 is 0 Å². The Morgan fingerprint density at radius 1 is 0.897 bits per heavy atom. The topological polar surface area (TPSA) is 38.1 Å². The monoisotopic (exact) mass is 387 g/mol. The van der Waals surface area contributed by atoms with Gasteiger partial charge < -0.3 is 4.90 Å². The smallest absolute Gasteiger partial charge is 0.274 e. The highest BCUT2D eigenvalue weighted by Gasteiger charge is 2.20. The van der Waals surface area contributed by atoms with Crippen LogP contribution in [-0.4, -0.2) is 34.3 Å². The zero-order valence-corrected chi connectivity index (χ0v) is 16.9. The number of unbranched alkanes of at least 4 members (excludes halogenated alkanes) is 1. The maximum Gasteiger partial charge on any atom is 0.274 e. The molecule has 2 heterocycles. The minimum absolute atomic E-state index is 0.000754. The number of nitrogens with zero attached hydrogens (tertiary/aromatic N) is 3. The van der Waals surface area contributed by atoms with E-state index in [1.165, 1.54) is 24.9 Å². The van der Waals surface area contributed by atoms with Crippen molar-refractivity contribution in [3.05, 3.63) is 88.8 Å². The number of benzene rings is 2. The number of hydrogen-bond acceptors (Lipinski definition) is 3. The van der Waals surface area contributed by atoms with Crippen molar-refractivity contribution in [1.29, 1.82) is 0 Å². The van der Waals surface area contributed by atoms with Gasteiger partial charge in [0.2, 0.25) is 0 Å². The van der Waals surface area contributed by atoms with Crippen LogP contribution >= 0.6 is 0 Å². The standard InChI is InChI=1S/C25H29N3O/c29-25-24(22-12-5-2-6-13-22)15-16-26-28(25)19-8-7-17-27-18-9-14-23(20-27)21-10-3-1-4-11-21/h1-6,10-13,15-16,23H,7-9,14,17-20H2. The Morgan fingerprint density at radius 2 is 1.62 bits per heavy atom. The number of piperidine rings is 1. The second-order valence-electron chi connectivity index (χ2n) is 7.90. The van der Waals surface area contributed by atoms with Crippen molar-refractivity contribution in [1.82, 2.24) is 14.7 Å². The van der Waals surface area contributed by atoms with Crippen molar-refractivity contribution in [2.75, 3.05) is 19.6 Å². The SMILES string of the molecule is O=c1c(-c2ccccc2)ccnn1CCCCN1CCCC(c2ccccc2)C1. The number of likely N-dealkylation sites (tertiary alicyclic amines) is 1. The number of rotatable bonds is 7. The normalized spacial score (nSPS) is 17.3. The summed E-state index contributed by atoms with van der Waals surface area (Å²) >= 11 is 0. The van der Waals surface area contributed by atoms with E-state index in [1.807, 2.05) is 36.4 Å². The lowest BCUT2D eigenvalue weighted by Gasteiger charge is -2.33. The quantitative estimate of drug-likeness (QED) is 0.558. The second kappa shape index (κ2) is 9.66. The van der Waals surface area contributed by atoms with Crippen molar-refractivity contribution in [2.45, 2.75) is 38.1 Å². The highest BCUT2D eigenvalue weighted by molar-refractivity contribution is 5.61. The maximum atomic E-state index is 12.8. The van der Waals surface area contributed by atoms with Gasteiger partial charge in [-0.3, -0.25) is 4.79 Å². The van der Waals surface area contributed by atoms with E-state index in [0.717, 1.165) is 37.1 Å². The molecule has 4 rings (SSSR count). The molecule has 1 aliphatic rings. The Hall–Kier alpha value is -2.72. The Labute approximate surface area is 172 Å². The van der Waals surface area contributed by atoms with E-state index >= 15 is 0 Å². The van der Waals surface area contributed by atoms with E-state index in [0.29, 0.717) is 12.5 Å². The largest absolute Gasteiger partial charge is 0.303 e. The summed E-state index contributed by atoms with van der Waals surface area (Å²) in [6.07, 6.45) is 6.34. The van der Waals surface area contributed by atoms with Gasteiger partial charge in [-0.05, 0) is 61.9 Å². The Bertz CT molecular complexity index is 953. The first-order valence-electron chi connectivity index (χ1n) is 10.7. The van der Waals surface area contributed by atoms with E-state index in [9.17, 15) is 4.79 Å². The highest BCUT2D eigenvalue weighted by atomic mass is 16.1. The van der Waals surface area contributed by atoms with Gasteiger partial charge in [-0.2, -0.15) is 5.10 Å². The van der Waals surface area contributed by atoms with Gasteiger partial charge in [0.25, 0.3) is 5.56 Å². The van der Waals surface area contributed by atoms with Gasteiger partial charge in [-0.15, -0.1) is 0 Å². The number of hydrogen-bond donors (Lipinski definition) is 0. The van der Waals surface area contributed by atoms with Crippen molar-refractivity contribution in [3.63, 3.8) is 0 Å². The van der Waals surface area contributed by atoms with E-state index in [2.05, 4.69) is 40.3 Å². The molecular formula is C25H29N3O. The van der Waals surface area contributed by atoms with Crippen LogP contribution in [0.25, 0.3) is 11.1 Å². The summed E-state index contributed by atoms with van der Waals surface area (Å²) in [4.78, 5) is 15.3. The van der Waals surface area contributed by atoms with Crippen LogP contribution in [0.5, 0.6) is 0 Å². The summed E-state index contributed by atoms with van der Waals surface area (Å²) in [5.41, 5.74) is 3.14. The highest BCUT2D eigenvalue weighted by Crippen LogP contribution is 2.26. The van der Waals surface area contributed by atoms with E-state index in [1.54, 1.807) is 10.9 Å². The molecule has 1 aromatic heterocycles. The predicted octanol–water partition coefficient (Wildman–Crippen LogP) is 4.57. The fourth-order valence-corrected chi connectivity index (χ4v) is 4.30. The molecule has 1 fully saturated rings. The van der Waals surface area contributed by atoms with Crippen molar-refractivity contribution >= 4 is 0 Å². The third-order valence-corrected chi connectivity index (χ3v) is 5.87. The molecule has 3 aromatic rings. The molecule has 1 aliphatic heterocycles. The molecule has 0 radical (unpaired) electrons. The molecule has 0 saturated carbocycles. The molecule has 0 N–H and O–H groups in total. The number of aromatic nitrogens is 2. The van der Waals surface area contributed by atoms with Crippen molar-refractivity contribution in [2.24, 2.45) is 0 Å². The molecule has 29 heavy (non-hydrogen) atoms. The maximum absolute atomic E-state index is 12.8. The molecule has 0 aliphatic carbocycles. The van der Waals surface area contributed by atoms with Gasteiger partial charge in [-0.25, -0.2) is 4.68 Å². The molecule has 0 spiro atoms. The van der Waals surface area contributed by atoms with Crippen LogP contribution < -0.4 is 5.56 Å². The molecule has 4 nitrogen and oxygen atoms in total. The first kappa shape index (κ1) is 19.6. The zero-order valence-electron chi connectivity index (χ0n) is 16.9. The minimum atomic E-state index is 0.000754. The predicted molar refractivity (Wildman–Crippen MR) is 118 cm³/mol. The molecule has 0 amide bonds. The molecule has 1 saturated heterocycles. The minimum Gasteiger partial charge on any atom is -0.303 e. The van der Waals surface area contributed by atoms with Crippen LogP contribution in [0.3, 0.4) is 0 Å². The first-order chi connectivity index (χ1) is 14.3. The van der Waals surface area contributed by atoms with Crippen LogP contribution in [0.15, 0.2) is 77.7 Å². The lowest BCUT2D eigenvalue weighted by atomic mass is 9.90. The Morgan fingerprint density at radius 3 is 2.41 bits per heavy atom. The molecule has 1 atom stereocenters. The van der Waals surface area contributed by atoms with Crippen LogP contribution in [0.2, 0.25) is 0 Å². The third-order valence-electron chi connectivity index (χ3n) is 5.87. The van der Waals surface area contributed by atoms with Crippen LogP contribution in [0, 0.1) is 0 Å². The molecule has 1 unspecified atom stereocenters. The van der Waals surface area contributed by atoms with Gasteiger partial charge in [0, 0.05) is 19.3 Å². The van der Waals surface area contributed by atoms with Gasteiger partial charge in [0.1, 0.15) is 0 Å². The summed E-state index contributed by atoms with van der Waals surface area (Å²) in [7, 11) is 0. The van der Waals surface area contributed by atoms with Crippen LogP contribution in [0.1, 0.15) is 37.2 Å². The fraction of sp³-hybridized carbons (Fsp3) is 0.360. The van der Waals surface area contributed by atoms with Gasteiger partial charge in [0.15, 0.2) is 0 Å². The van der Waals surface area contributed by atoms with E-state index in [4.69, 9.17) is 0 Å². The number of aryl methyl sites for hydroxylation is 1. The zero-order chi connectivity index (χ0) is 19.9. The molecule has 0 bridgehead atoms. The van der Waals surface area contributed by atoms with Crippen molar-refractivity contribution < 1.29 is 0 Å². The van der Waals surface area contributed by atoms with Crippen molar-refractivity contribution in [3.8, 4) is 11.1 Å². The Kier molecular flexibility index (Phi) is 6.52. The molecule has 4 heteroatoms. The Balaban J connectivity index is 1.29.